The molecular weight excluding hydrogens is 218 g/mol. The van der Waals surface area contributed by atoms with Gasteiger partial charge in [-0.15, -0.1) is 0 Å². The summed E-state index contributed by atoms with van der Waals surface area (Å²) in [6.07, 6.45) is 1.76. The van der Waals surface area contributed by atoms with Gasteiger partial charge >= 0.3 is 5.97 Å². The van der Waals surface area contributed by atoms with Crippen molar-refractivity contribution in [3.05, 3.63) is 29.8 Å². The minimum atomic E-state index is -0.971. The lowest BCUT2D eigenvalue weighted by Crippen LogP contribution is -2.34. The first-order valence-electron chi connectivity index (χ1n) is 5.47. The first-order chi connectivity index (χ1) is 8.22. The van der Waals surface area contributed by atoms with Crippen molar-refractivity contribution in [3.8, 4) is 6.07 Å². The number of hydrazine groups is 1. The molecule has 5 nitrogen and oxygen atoms in total. The number of aromatic carboxylic acids is 1. The van der Waals surface area contributed by atoms with Crippen molar-refractivity contribution in [1.29, 1.82) is 5.26 Å². The molecule has 1 aliphatic rings. The standard InChI is InChI=1S/C12H13N3O2/c13-8-9-4-3-7-15(9)14-11-6-2-1-5-10(11)12(16)17/h1-2,5-6,9,14H,3-4,7H2,(H,16,17). The van der Waals surface area contributed by atoms with Crippen molar-refractivity contribution in [2.24, 2.45) is 0 Å². The zero-order chi connectivity index (χ0) is 12.3. The van der Waals surface area contributed by atoms with Gasteiger partial charge in [0.2, 0.25) is 0 Å². The molecule has 1 heterocycles. The number of carboxylic acid groups (broad SMARTS) is 1. The van der Waals surface area contributed by atoms with Crippen LogP contribution in [0.25, 0.3) is 0 Å². The Balaban J connectivity index is 2.19. The van der Waals surface area contributed by atoms with E-state index in [1.54, 1.807) is 29.3 Å². The fourth-order valence-electron chi connectivity index (χ4n) is 1.96. The average Bonchev–Trinajstić information content (AvgIpc) is 2.77. The molecule has 0 amide bonds. The highest BCUT2D eigenvalue weighted by molar-refractivity contribution is 5.94. The topological polar surface area (TPSA) is 76.4 Å². The molecule has 1 fully saturated rings. The Kier molecular flexibility index (Phi) is 3.26. The third kappa shape index (κ3) is 2.37. The van der Waals surface area contributed by atoms with Crippen LogP contribution in [0.5, 0.6) is 0 Å². The number of benzene rings is 1. The average molecular weight is 231 g/mol. The molecule has 1 saturated heterocycles. The predicted molar refractivity (Wildman–Crippen MR) is 62.4 cm³/mol. The van der Waals surface area contributed by atoms with E-state index >= 15 is 0 Å². The largest absolute Gasteiger partial charge is 0.478 e. The van der Waals surface area contributed by atoms with Crippen molar-refractivity contribution in [2.75, 3.05) is 12.0 Å². The molecule has 1 atom stereocenters. The third-order valence-electron chi connectivity index (χ3n) is 2.82. The zero-order valence-electron chi connectivity index (χ0n) is 9.26. The van der Waals surface area contributed by atoms with Crippen LogP contribution in [-0.4, -0.2) is 28.7 Å². The molecule has 0 radical (unpaired) electrons. The Hall–Kier alpha value is -2.06. The van der Waals surface area contributed by atoms with E-state index in [-0.39, 0.29) is 11.6 Å². The maximum Gasteiger partial charge on any atom is 0.337 e. The number of rotatable bonds is 3. The summed E-state index contributed by atoms with van der Waals surface area (Å²) < 4.78 is 0. The molecule has 1 unspecified atom stereocenters. The van der Waals surface area contributed by atoms with Crippen LogP contribution in [0.3, 0.4) is 0 Å². The summed E-state index contributed by atoms with van der Waals surface area (Å²) in [5.74, 6) is -0.971. The van der Waals surface area contributed by atoms with Gasteiger partial charge in [-0.2, -0.15) is 5.26 Å². The van der Waals surface area contributed by atoms with Crippen LogP contribution in [0, 0.1) is 11.3 Å². The first kappa shape index (κ1) is 11.4. The number of nitrogens with zero attached hydrogens (tertiary/aromatic N) is 2. The summed E-state index contributed by atoms with van der Waals surface area (Å²) in [5.41, 5.74) is 3.77. The van der Waals surface area contributed by atoms with E-state index in [0.29, 0.717) is 5.69 Å². The van der Waals surface area contributed by atoms with Gasteiger partial charge in [0.05, 0.1) is 17.3 Å². The quantitative estimate of drug-likeness (QED) is 0.828. The molecule has 1 aromatic rings. The van der Waals surface area contributed by atoms with Crippen LogP contribution in [-0.2, 0) is 0 Å². The minimum Gasteiger partial charge on any atom is -0.478 e. The van der Waals surface area contributed by atoms with Gasteiger partial charge in [-0.3, -0.25) is 0 Å². The van der Waals surface area contributed by atoms with E-state index in [1.807, 2.05) is 0 Å². The number of nitrogens with one attached hydrogen (secondary N) is 1. The first-order valence-corrected chi connectivity index (χ1v) is 5.47. The Labute approximate surface area is 99.2 Å². The molecule has 0 bridgehead atoms. The van der Waals surface area contributed by atoms with Crippen LogP contribution in [0.2, 0.25) is 0 Å². The van der Waals surface area contributed by atoms with Crippen LogP contribution in [0.4, 0.5) is 5.69 Å². The summed E-state index contributed by atoms with van der Waals surface area (Å²) in [5, 5.41) is 19.8. The van der Waals surface area contributed by atoms with Gasteiger partial charge in [-0.1, -0.05) is 12.1 Å². The fraction of sp³-hybridized carbons (Fsp3) is 0.333. The van der Waals surface area contributed by atoms with Crippen molar-refractivity contribution < 1.29 is 9.90 Å². The van der Waals surface area contributed by atoms with Crippen LogP contribution in [0.1, 0.15) is 23.2 Å². The molecule has 1 aromatic carbocycles. The van der Waals surface area contributed by atoms with Crippen molar-refractivity contribution in [3.63, 3.8) is 0 Å². The van der Waals surface area contributed by atoms with Gasteiger partial charge in [0.15, 0.2) is 0 Å². The summed E-state index contributed by atoms with van der Waals surface area (Å²) in [4.78, 5) is 11.0. The van der Waals surface area contributed by atoms with Crippen LogP contribution in [0.15, 0.2) is 24.3 Å². The van der Waals surface area contributed by atoms with E-state index < -0.39 is 5.97 Å². The molecule has 0 aliphatic carbocycles. The van der Waals surface area contributed by atoms with E-state index in [0.717, 1.165) is 19.4 Å². The Bertz CT molecular complexity index is 467. The molecule has 1 aliphatic heterocycles. The lowest BCUT2D eigenvalue weighted by molar-refractivity contribution is 0.0697. The zero-order valence-corrected chi connectivity index (χ0v) is 9.26. The summed E-state index contributed by atoms with van der Waals surface area (Å²) in [7, 11) is 0. The number of carboxylic acids is 1. The molecule has 0 aromatic heterocycles. The van der Waals surface area contributed by atoms with Crippen molar-refractivity contribution in [2.45, 2.75) is 18.9 Å². The number of hydrogen-bond acceptors (Lipinski definition) is 4. The number of para-hydroxylation sites is 1. The lowest BCUT2D eigenvalue weighted by atomic mass is 10.2. The smallest absolute Gasteiger partial charge is 0.337 e. The van der Waals surface area contributed by atoms with Crippen molar-refractivity contribution >= 4 is 11.7 Å². The van der Waals surface area contributed by atoms with E-state index in [4.69, 9.17) is 10.4 Å². The SMILES string of the molecule is N#CC1CCCN1Nc1ccccc1C(=O)O. The van der Waals surface area contributed by atoms with Gasteiger partial charge < -0.3 is 10.5 Å². The molecule has 2 rings (SSSR count). The molecule has 17 heavy (non-hydrogen) atoms. The van der Waals surface area contributed by atoms with E-state index in [1.165, 1.54) is 0 Å². The van der Waals surface area contributed by atoms with Gasteiger partial charge in [-0.05, 0) is 25.0 Å². The monoisotopic (exact) mass is 231 g/mol. The van der Waals surface area contributed by atoms with Gasteiger partial charge in [0, 0.05) is 6.54 Å². The second kappa shape index (κ2) is 4.85. The van der Waals surface area contributed by atoms with Gasteiger partial charge in [-0.25, -0.2) is 9.80 Å². The van der Waals surface area contributed by atoms with Crippen molar-refractivity contribution in [1.82, 2.24) is 5.01 Å². The summed E-state index contributed by atoms with van der Waals surface area (Å²) in [6, 6.07) is 8.71. The molecular formula is C12H13N3O2. The molecule has 88 valence electrons. The minimum absolute atomic E-state index is 0.183. The molecule has 2 N–H and O–H groups in total. The highest BCUT2D eigenvalue weighted by Gasteiger charge is 2.25. The Morgan fingerprint density at radius 2 is 2.29 bits per heavy atom. The molecule has 0 saturated carbocycles. The summed E-state index contributed by atoms with van der Waals surface area (Å²) in [6.45, 7) is 0.756. The predicted octanol–water partition coefficient (Wildman–Crippen LogP) is 1.70. The maximum absolute atomic E-state index is 11.0. The van der Waals surface area contributed by atoms with Crippen LogP contribution >= 0.6 is 0 Å². The number of hydrogen-bond donors (Lipinski definition) is 2. The number of nitriles is 1. The third-order valence-corrected chi connectivity index (χ3v) is 2.82. The van der Waals surface area contributed by atoms with Crippen LogP contribution < -0.4 is 5.43 Å². The van der Waals surface area contributed by atoms with E-state index in [9.17, 15) is 4.79 Å². The molecule has 0 spiro atoms. The van der Waals surface area contributed by atoms with Gasteiger partial charge in [0.1, 0.15) is 6.04 Å². The normalized spacial score (nSPS) is 19.8. The number of anilines is 1. The molecule has 5 heteroatoms. The number of carbonyl (C=O) groups is 1. The lowest BCUT2D eigenvalue weighted by Gasteiger charge is -2.22. The van der Waals surface area contributed by atoms with E-state index in [2.05, 4.69) is 11.5 Å². The Morgan fingerprint density at radius 3 is 3.00 bits per heavy atom. The highest BCUT2D eigenvalue weighted by atomic mass is 16.4. The highest BCUT2D eigenvalue weighted by Crippen LogP contribution is 2.21. The fourth-order valence-corrected chi connectivity index (χ4v) is 1.96. The second-order valence-corrected chi connectivity index (χ2v) is 3.94. The Morgan fingerprint density at radius 1 is 1.53 bits per heavy atom. The maximum atomic E-state index is 11.0. The second-order valence-electron chi connectivity index (χ2n) is 3.94. The summed E-state index contributed by atoms with van der Waals surface area (Å²) >= 11 is 0. The van der Waals surface area contributed by atoms with Gasteiger partial charge in [0.25, 0.3) is 0 Å².